The van der Waals surface area contributed by atoms with Crippen molar-refractivity contribution >= 4 is 41.0 Å². The van der Waals surface area contributed by atoms with Gasteiger partial charge in [-0.2, -0.15) is 0 Å². The number of carbonyl (C=O) groups excluding carboxylic acids is 2. The molecule has 0 radical (unpaired) electrons. The second-order valence-corrected chi connectivity index (χ2v) is 7.66. The van der Waals surface area contributed by atoms with Gasteiger partial charge in [0.1, 0.15) is 17.2 Å². The SMILES string of the molecule is COc1ccc(C(=O)Oc2cc(C)c3c(c2)O/C(=C\c2ccc(Cl)c(Cl)c2)C3=O)cc1. The number of ether oxygens (including phenoxy) is 3. The van der Waals surface area contributed by atoms with Crippen LogP contribution in [0.2, 0.25) is 10.0 Å². The Kier molecular flexibility index (Phi) is 5.72. The number of ketones is 1. The lowest BCUT2D eigenvalue weighted by Crippen LogP contribution is -2.08. The summed E-state index contributed by atoms with van der Waals surface area (Å²) in [5, 5.41) is 0.799. The van der Waals surface area contributed by atoms with Crippen LogP contribution in [-0.4, -0.2) is 18.9 Å². The van der Waals surface area contributed by atoms with Crippen LogP contribution in [0.15, 0.2) is 60.4 Å². The lowest BCUT2D eigenvalue weighted by Gasteiger charge is -2.08. The molecule has 1 heterocycles. The average molecular weight is 455 g/mol. The molecular formula is C24H16Cl2O5. The number of hydrogen-bond acceptors (Lipinski definition) is 5. The summed E-state index contributed by atoms with van der Waals surface area (Å²) in [5.41, 5.74) is 2.11. The van der Waals surface area contributed by atoms with E-state index in [2.05, 4.69) is 0 Å². The number of methoxy groups -OCH3 is 1. The predicted molar refractivity (Wildman–Crippen MR) is 119 cm³/mol. The first-order valence-electron chi connectivity index (χ1n) is 9.26. The number of hydrogen-bond donors (Lipinski definition) is 0. The summed E-state index contributed by atoms with van der Waals surface area (Å²) in [6, 6.07) is 14.7. The molecule has 3 aromatic rings. The number of Topliss-reactive ketones (excluding diaryl/α,β-unsaturated/α-hetero) is 1. The molecule has 0 spiro atoms. The molecule has 31 heavy (non-hydrogen) atoms. The van der Waals surface area contributed by atoms with Crippen LogP contribution in [-0.2, 0) is 0 Å². The van der Waals surface area contributed by atoms with Crippen molar-refractivity contribution in [2.24, 2.45) is 0 Å². The molecule has 0 aromatic heterocycles. The first-order valence-corrected chi connectivity index (χ1v) is 10.0. The summed E-state index contributed by atoms with van der Waals surface area (Å²) in [7, 11) is 1.55. The van der Waals surface area contributed by atoms with Crippen LogP contribution in [0.3, 0.4) is 0 Å². The van der Waals surface area contributed by atoms with Crippen LogP contribution in [0, 0.1) is 6.92 Å². The van der Waals surface area contributed by atoms with E-state index < -0.39 is 5.97 Å². The quantitative estimate of drug-likeness (QED) is 0.269. The van der Waals surface area contributed by atoms with Crippen LogP contribution < -0.4 is 14.2 Å². The summed E-state index contributed by atoms with van der Waals surface area (Å²) < 4.78 is 16.3. The molecule has 0 N–H and O–H groups in total. The van der Waals surface area contributed by atoms with E-state index in [9.17, 15) is 9.59 Å². The van der Waals surface area contributed by atoms with E-state index in [1.54, 1.807) is 68.6 Å². The fraction of sp³-hybridized carbons (Fsp3) is 0.0833. The Morgan fingerprint density at radius 1 is 0.968 bits per heavy atom. The molecule has 0 saturated carbocycles. The molecule has 3 aromatic carbocycles. The number of halogens is 2. The van der Waals surface area contributed by atoms with E-state index in [1.807, 2.05) is 0 Å². The first-order chi connectivity index (χ1) is 14.9. The van der Waals surface area contributed by atoms with Gasteiger partial charge < -0.3 is 14.2 Å². The molecule has 0 unspecified atom stereocenters. The van der Waals surface area contributed by atoms with Gasteiger partial charge in [0.15, 0.2) is 5.76 Å². The zero-order chi connectivity index (χ0) is 22.1. The minimum absolute atomic E-state index is 0.148. The first kappa shape index (κ1) is 21.0. The summed E-state index contributed by atoms with van der Waals surface area (Å²) in [4.78, 5) is 25.3. The zero-order valence-corrected chi connectivity index (χ0v) is 18.1. The number of aryl methyl sites for hydroxylation is 1. The third-order valence-corrected chi connectivity index (χ3v) is 5.46. The summed E-state index contributed by atoms with van der Waals surface area (Å²) in [6.07, 6.45) is 1.59. The van der Waals surface area contributed by atoms with Gasteiger partial charge in [-0.25, -0.2) is 4.79 Å². The van der Waals surface area contributed by atoms with Crippen molar-refractivity contribution in [3.8, 4) is 17.2 Å². The van der Waals surface area contributed by atoms with Crippen LogP contribution in [0.5, 0.6) is 17.2 Å². The Bertz CT molecular complexity index is 1230. The molecule has 5 nitrogen and oxygen atoms in total. The average Bonchev–Trinajstić information content (AvgIpc) is 3.06. The van der Waals surface area contributed by atoms with E-state index >= 15 is 0 Å². The van der Waals surface area contributed by atoms with Gasteiger partial charge in [0.05, 0.1) is 28.3 Å². The third-order valence-electron chi connectivity index (χ3n) is 4.72. The van der Waals surface area contributed by atoms with Gasteiger partial charge in [-0.05, 0) is 66.6 Å². The Morgan fingerprint density at radius 3 is 2.39 bits per heavy atom. The molecule has 7 heteroatoms. The number of rotatable bonds is 4. The lowest BCUT2D eigenvalue weighted by molar-refractivity contribution is 0.0734. The largest absolute Gasteiger partial charge is 0.497 e. The molecule has 0 fully saturated rings. The Balaban J connectivity index is 1.58. The second kappa shape index (κ2) is 8.46. The minimum Gasteiger partial charge on any atom is -0.497 e. The van der Waals surface area contributed by atoms with E-state index in [0.717, 1.165) is 0 Å². The van der Waals surface area contributed by atoms with Gasteiger partial charge in [0.2, 0.25) is 5.78 Å². The van der Waals surface area contributed by atoms with Crippen molar-refractivity contribution in [2.45, 2.75) is 6.92 Å². The van der Waals surface area contributed by atoms with Gasteiger partial charge in [-0.15, -0.1) is 0 Å². The monoisotopic (exact) mass is 454 g/mol. The summed E-state index contributed by atoms with van der Waals surface area (Å²) in [6.45, 7) is 1.76. The maximum atomic E-state index is 12.8. The van der Waals surface area contributed by atoms with E-state index in [-0.39, 0.29) is 17.3 Å². The number of carbonyl (C=O) groups is 2. The van der Waals surface area contributed by atoms with Gasteiger partial charge in [-0.3, -0.25) is 4.79 Å². The normalized spacial score (nSPS) is 13.7. The van der Waals surface area contributed by atoms with Crippen molar-refractivity contribution in [1.29, 1.82) is 0 Å². The molecule has 0 amide bonds. The maximum Gasteiger partial charge on any atom is 0.343 e. The molecule has 4 rings (SSSR count). The second-order valence-electron chi connectivity index (χ2n) is 6.84. The van der Waals surface area contributed by atoms with Crippen molar-refractivity contribution < 1.29 is 23.8 Å². The summed E-state index contributed by atoms with van der Waals surface area (Å²) in [5.74, 6) is 0.604. The number of esters is 1. The van der Waals surface area contributed by atoms with E-state index in [4.69, 9.17) is 37.4 Å². The maximum absolute atomic E-state index is 12.8. The molecule has 0 aliphatic carbocycles. The van der Waals surface area contributed by atoms with Crippen molar-refractivity contribution in [2.75, 3.05) is 7.11 Å². The molecule has 0 bridgehead atoms. The molecule has 156 valence electrons. The van der Waals surface area contributed by atoms with Crippen LogP contribution in [0.4, 0.5) is 0 Å². The van der Waals surface area contributed by atoms with Crippen molar-refractivity contribution in [3.05, 3.63) is 92.7 Å². The highest BCUT2D eigenvalue weighted by molar-refractivity contribution is 6.42. The minimum atomic E-state index is -0.530. The summed E-state index contributed by atoms with van der Waals surface area (Å²) >= 11 is 12.0. The Morgan fingerprint density at radius 2 is 1.71 bits per heavy atom. The van der Waals surface area contributed by atoms with Gasteiger partial charge >= 0.3 is 5.97 Å². The smallest absolute Gasteiger partial charge is 0.343 e. The molecule has 1 aliphatic rings. The van der Waals surface area contributed by atoms with Gasteiger partial charge in [0.25, 0.3) is 0 Å². The van der Waals surface area contributed by atoms with Crippen molar-refractivity contribution in [1.82, 2.24) is 0 Å². The lowest BCUT2D eigenvalue weighted by atomic mass is 10.0. The van der Waals surface area contributed by atoms with E-state index in [0.29, 0.717) is 43.8 Å². The fourth-order valence-electron chi connectivity index (χ4n) is 3.18. The van der Waals surface area contributed by atoms with Crippen LogP contribution in [0.1, 0.15) is 31.8 Å². The van der Waals surface area contributed by atoms with Crippen LogP contribution in [0.25, 0.3) is 6.08 Å². The highest BCUT2D eigenvalue weighted by Gasteiger charge is 2.30. The number of fused-ring (bicyclic) bond motifs is 1. The zero-order valence-electron chi connectivity index (χ0n) is 16.6. The molecule has 0 atom stereocenters. The molecular weight excluding hydrogens is 439 g/mol. The Labute approximate surface area is 188 Å². The number of benzene rings is 3. The molecule has 1 aliphatic heterocycles. The Hall–Kier alpha value is -3.28. The fourth-order valence-corrected chi connectivity index (χ4v) is 3.49. The van der Waals surface area contributed by atoms with Crippen molar-refractivity contribution in [3.63, 3.8) is 0 Å². The van der Waals surface area contributed by atoms with E-state index in [1.165, 1.54) is 6.07 Å². The van der Waals surface area contributed by atoms with Gasteiger partial charge in [0, 0.05) is 6.07 Å². The van der Waals surface area contributed by atoms with Gasteiger partial charge in [-0.1, -0.05) is 29.3 Å². The highest BCUT2D eigenvalue weighted by Crippen LogP contribution is 2.38. The third kappa shape index (κ3) is 4.29. The highest BCUT2D eigenvalue weighted by atomic mass is 35.5. The molecule has 0 saturated heterocycles. The standard InChI is InChI=1S/C24H16Cl2O5/c1-13-9-17(30-24(28)15-4-6-16(29-2)7-5-15)12-20-22(13)23(27)21(31-20)11-14-3-8-18(25)19(26)10-14/h3-12H,1-2H3/b21-11-. The predicted octanol–water partition coefficient (Wildman–Crippen LogP) is 6.15. The number of allylic oxidation sites excluding steroid dienone is 1. The van der Waals surface area contributed by atoms with Crippen LogP contribution >= 0.6 is 23.2 Å². The topological polar surface area (TPSA) is 61.8 Å².